The number of piperazine rings is 1. The van der Waals surface area contributed by atoms with E-state index in [0.717, 1.165) is 25.2 Å². The summed E-state index contributed by atoms with van der Waals surface area (Å²) in [6, 6.07) is 5.86. The molecule has 1 aromatic carbocycles. The zero-order valence-corrected chi connectivity index (χ0v) is 11.8. The van der Waals surface area contributed by atoms with E-state index in [1.165, 1.54) is 4.90 Å². The highest BCUT2D eigenvalue weighted by Gasteiger charge is 2.20. The third-order valence-corrected chi connectivity index (χ3v) is 3.50. The molecule has 1 N–H and O–H groups in total. The number of rotatable bonds is 4. The van der Waals surface area contributed by atoms with Crippen LogP contribution in [0.2, 0.25) is 0 Å². The molecule has 6 nitrogen and oxygen atoms in total. The summed E-state index contributed by atoms with van der Waals surface area (Å²) in [4.78, 5) is 14.5. The number of amides is 1. The topological polar surface area (TPSA) is 62.2 Å². The fourth-order valence-electron chi connectivity index (χ4n) is 2.33. The van der Waals surface area contributed by atoms with Gasteiger partial charge in [-0.05, 0) is 17.7 Å². The molecule has 1 aliphatic rings. The van der Waals surface area contributed by atoms with Gasteiger partial charge < -0.3 is 19.5 Å². The van der Waals surface area contributed by atoms with Gasteiger partial charge in [-0.3, -0.25) is 4.90 Å². The van der Waals surface area contributed by atoms with Crippen LogP contribution in [-0.2, 0) is 6.54 Å². The van der Waals surface area contributed by atoms with E-state index >= 15 is 0 Å². The summed E-state index contributed by atoms with van der Waals surface area (Å²) in [5.41, 5.74) is 1.13. The highest BCUT2D eigenvalue weighted by atomic mass is 16.5. The average Bonchev–Trinajstić information content (AvgIpc) is 2.47. The molecule has 0 unspecified atom stereocenters. The first-order chi connectivity index (χ1) is 9.63. The minimum atomic E-state index is -0.837. The predicted molar refractivity (Wildman–Crippen MR) is 74.4 cm³/mol. The normalized spacial score (nSPS) is 16.0. The summed E-state index contributed by atoms with van der Waals surface area (Å²) in [6.07, 6.45) is -0.837. The summed E-state index contributed by atoms with van der Waals surface area (Å²) < 4.78 is 10.5. The Morgan fingerprint density at radius 3 is 2.35 bits per heavy atom. The lowest BCUT2D eigenvalue weighted by Gasteiger charge is -2.33. The lowest BCUT2D eigenvalue weighted by Crippen LogP contribution is -2.47. The SMILES string of the molecule is COc1ccc(CN2CCN(C(=O)O)CC2)cc1OC. The molecular weight excluding hydrogens is 260 g/mol. The van der Waals surface area contributed by atoms with Crippen LogP contribution in [0.3, 0.4) is 0 Å². The van der Waals surface area contributed by atoms with Crippen LogP contribution >= 0.6 is 0 Å². The Kier molecular flexibility index (Phi) is 4.68. The minimum absolute atomic E-state index is 0.558. The molecule has 0 saturated carbocycles. The molecule has 0 spiro atoms. The number of carbonyl (C=O) groups is 1. The smallest absolute Gasteiger partial charge is 0.407 e. The molecule has 2 rings (SSSR count). The predicted octanol–water partition coefficient (Wildman–Crippen LogP) is 1.50. The second kappa shape index (κ2) is 6.47. The molecule has 1 heterocycles. The summed E-state index contributed by atoms with van der Waals surface area (Å²) >= 11 is 0. The van der Waals surface area contributed by atoms with Gasteiger partial charge in [0, 0.05) is 32.7 Å². The van der Waals surface area contributed by atoms with Crippen molar-refractivity contribution in [3.05, 3.63) is 23.8 Å². The number of hydrogen-bond donors (Lipinski definition) is 1. The Morgan fingerprint density at radius 1 is 1.15 bits per heavy atom. The van der Waals surface area contributed by atoms with Crippen molar-refractivity contribution in [3.63, 3.8) is 0 Å². The molecule has 1 aromatic rings. The Hall–Kier alpha value is -1.95. The molecule has 1 amide bonds. The fourth-order valence-corrected chi connectivity index (χ4v) is 2.33. The van der Waals surface area contributed by atoms with Gasteiger partial charge in [-0.1, -0.05) is 6.07 Å². The van der Waals surface area contributed by atoms with Gasteiger partial charge in [0.15, 0.2) is 11.5 Å². The molecule has 1 saturated heterocycles. The van der Waals surface area contributed by atoms with Gasteiger partial charge in [-0.2, -0.15) is 0 Å². The number of methoxy groups -OCH3 is 2. The van der Waals surface area contributed by atoms with Crippen LogP contribution in [0.5, 0.6) is 11.5 Å². The Balaban J connectivity index is 1.96. The van der Waals surface area contributed by atoms with Gasteiger partial charge >= 0.3 is 6.09 Å². The second-order valence-electron chi connectivity index (χ2n) is 4.74. The van der Waals surface area contributed by atoms with Crippen molar-refractivity contribution in [2.45, 2.75) is 6.54 Å². The zero-order chi connectivity index (χ0) is 14.5. The molecule has 1 aliphatic heterocycles. The third kappa shape index (κ3) is 3.33. The van der Waals surface area contributed by atoms with Crippen molar-refractivity contribution in [2.75, 3.05) is 40.4 Å². The van der Waals surface area contributed by atoms with Gasteiger partial charge in [0.25, 0.3) is 0 Å². The highest BCUT2D eigenvalue weighted by Crippen LogP contribution is 2.28. The van der Waals surface area contributed by atoms with E-state index in [2.05, 4.69) is 4.90 Å². The van der Waals surface area contributed by atoms with Crippen molar-refractivity contribution in [2.24, 2.45) is 0 Å². The molecule has 6 heteroatoms. The monoisotopic (exact) mass is 280 g/mol. The maximum Gasteiger partial charge on any atom is 0.407 e. The van der Waals surface area contributed by atoms with E-state index in [4.69, 9.17) is 14.6 Å². The summed E-state index contributed by atoms with van der Waals surface area (Å²) in [7, 11) is 3.23. The maximum atomic E-state index is 10.9. The first-order valence-corrected chi connectivity index (χ1v) is 6.55. The first-order valence-electron chi connectivity index (χ1n) is 6.55. The average molecular weight is 280 g/mol. The van der Waals surface area contributed by atoms with Crippen LogP contribution < -0.4 is 9.47 Å². The van der Waals surface area contributed by atoms with Gasteiger partial charge in [0.2, 0.25) is 0 Å². The standard InChI is InChI=1S/C14H20N2O4/c1-19-12-4-3-11(9-13(12)20-2)10-15-5-7-16(8-6-15)14(17)18/h3-4,9H,5-8,10H2,1-2H3,(H,17,18). The van der Waals surface area contributed by atoms with Crippen LogP contribution in [0.25, 0.3) is 0 Å². The maximum absolute atomic E-state index is 10.9. The fraction of sp³-hybridized carbons (Fsp3) is 0.500. The van der Waals surface area contributed by atoms with E-state index in [9.17, 15) is 4.79 Å². The van der Waals surface area contributed by atoms with E-state index in [1.54, 1.807) is 14.2 Å². The zero-order valence-electron chi connectivity index (χ0n) is 11.8. The minimum Gasteiger partial charge on any atom is -0.493 e. The molecule has 20 heavy (non-hydrogen) atoms. The lowest BCUT2D eigenvalue weighted by molar-refractivity contribution is 0.103. The number of carboxylic acid groups (broad SMARTS) is 1. The van der Waals surface area contributed by atoms with Crippen LogP contribution in [0.1, 0.15) is 5.56 Å². The van der Waals surface area contributed by atoms with Crippen molar-refractivity contribution in [1.82, 2.24) is 9.80 Å². The summed E-state index contributed by atoms with van der Waals surface area (Å²) in [6.45, 7) is 3.40. The Labute approximate surface area is 118 Å². The lowest BCUT2D eigenvalue weighted by atomic mass is 10.1. The first kappa shape index (κ1) is 14.5. The van der Waals surface area contributed by atoms with Crippen molar-refractivity contribution >= 4 is 6.09 Å². The number of hydrogen-bond acceptors (Lipinski definition) is 4. The van der Waals surface area contributed by atoms with Crippen LogP contribution in [0.15, 0.2) is 18.2 Å². The molecule has 0 atom stereocenters. The summed E-state index contributed by atoms with van der Waals surface area (Å²) in [5, 5.41) is 8.92. The van der Waals surface area contributed by atoms with Gasteiger partial charge in [-0.15, -0.1) is 0 Å². The number of ether oxygens (including phenoxy) is 2. The van der Waals surface area contributed by atoms with E-state index in [-0.39, 0.29) is 0 Å². The number of benzene rings is 1. The quantitative estimate of drug-likeness (QED) is 0.905. The van der Waals surface area contributed by atoms with Crippen molar-refractivity contribution < 1.29 is 19.4 Å². The van der Waals surface area contributed by atoms with Crippen LogP contribution in [-0.4, -0.2) is 61.4 Å². The molecule has 1 fully saturated rings. The van der Waals surface area contributed by atoms with Crippen LogP contribution in [0, 0.1) is 0 Å². The van der Waals surface area contributed by atoms with E-state index in [1.807, 2.05) is 18.2 Å². The Morgan fingerprint density at radius 2 is 1.80 bits per heavy atom. The summed E-state index contributed by atoms with van der Waals surface area (Å²) in [5.74, 6) is 1.43. The number of nitrogens with zero attached hydrogens (tertiary/aromatic N) is 2. The van der Waals surface area contributed by atoms with Gasteiger partial charge in [0.05, 0.1) is 14.2 Å². The molecule has 0 bridgehead atoms. The van der Waals surface area contributed by atoms with E-state index in [0.29, 0.717) is 24.6 Å². The molecule has 0 radical (unpaired) electrons. The second-order valence-corrected chi connectivity index (χ2v) is 4.74. The molecule has 110 valence electrons. The molecule has 0 aromatic heterocycles. The van der Waals surface area contributed by atoms with E-state index < -0.39 is 6.09 Å². The molecular formula is C14H20N2O4. The largest absolute Gasteiger partial charge is 0.493 e. The van der Waals surface area contributed by atoms with Crippen molar-refractivity contribution in [3.8, 4) is 11.5 Å². The third-order valence-electron chi connectivity index (χ3n) is 3.50. The molecule has 0 aliphatic carbocycles. The highest BCUT2D eigenvalue weighted by molar-refractivity contribution is 5.65. The van der Waals surface area contributed by atoms with Gasteiger partial charge in [0.1, 0.15) is 0 Å². The van der Waals surface area contributed by atoms with Crippen LogP contribution in [0.4, 0.5) is 4.79 Å². The van der Waals surface area contributed by atoms with Crippen molar-refractivity contribution in [1.29, 1.82) is 0 Å². The van der Waals surface area contributed by atoms with Gasteiger partial charge in [-0.25, -0.2) is 4.79 Å². The Bertz CT molecular complexity index is 470.